The summed E-state index contributed by atoms with van der Waals surface area (Å²) in [7, 11) is 1.70. The van der Waals surface area contributed by atoms with Crippen molar-refractivity contribution in [2.45, 2.75) is 12.0 Å². The van der Waals surface area contributed by atoms with Crippen LogP contribution in [0.5, 0.6) is 0 Å². The van der Waals surface area contributed by atoms with Gasteiger partial charge in [0.2, 0.25) is 0 Å². The first-order valence-electron chi connectivity index (χ1n) is 8.93. The molecule has 0 aliphatic rings. The van der Waals surface area contributed by atoms with Gasteiger partial charge >= 0.3 is 0 Å². The van der Waals surface area contributed by atoms with E-state index < -0.39 is 5.54 Å². The molecule has 3 aromatic carbocycles. The Morgan fingerprint density at radius 1 is 0.731 bits per heavy atom. The van der Waals surface area contributed by atoms with Crippen LogP contribution in [0, 0.1) is 0 Å². The van der Waals surface area contributed by atoms with Gasteiger partial charge in [0.05, 0.1) is 7.11 Å². The van der Waals surface area contributed by atoms with Gasteiger partial charge in [-0.1, -0.05) is 91.0 Å². The van der Waals surface area contributed by atoms with Crippen LogP contribution < -0.4 is 0 Å². The number of hydrogen-bond donors (Lipinski definition) is 1. The molecular formula is C23H25NO2. The zero-order valence-corrected chi connectivity index (χ0v) is 15.1. The maximum absolute atomic E-state index is 9.41. The lowest BCUT2D eigenvalue weighted by atomic mass is 9.76. The molecule has 0 atom stereocenters. The lowest BCUT2D eigenvalue weighted by Gasteiger charge is -2.44. The van der Waals surface area contributed by atoms with Crippen LogP contribution in [-0.4, -0.2) is 30.4 Å². The second-order valence-corrected chi connectivity index (χ2v) is 6.17. The number of rotatable bonds is 8. The molecule has 0 saturated heterocycles. The molecule has 0 heterocycles. The average molecular weight is 347 g/mol. The average Bonchev–Trinajstić information content (AvgIpc) is 2.73. The van der Waals surface area contributed by atoms with E-state index in [2.05, 4.69) is 72.8 Å². The van der Waals surface area contributed by atoms with E-state index >= 15 is 0 Å². The molecule has 0 spiro atoms. The number of hydroxylamine groups is 2. The molecule has 0 bridgehead atoms. The Balaban J connectivity index is 2.31. The number of benzene rings is 3. The molecule has 0 saturated carbocycles. The van der Waals surface area contributed by atoms with E-state index in [-0.39, 0.29) is 6.61 Å². The lowest BCUT2D eigenvalue weighted by Crippen LogP contribution is -2.48. The summed E-state index contributed by atoms with van der Waals surface area (Å²) in [5.74, 6) is 0. The maximum Gasteiger partial charge on any atom is 0.121 e. The van der Waals surface area contributed by atoms with Gasteiger partial charge in [-0.2, -0.15) is 5.06 Å². The molecule has 0 aliphatic heterocycles. The number of nitrogens with zero attached hydrogens (tertiary/aromatic N) is 1. The Hall–Kier alpha value is -2.46. The highest BCUT2D eigenvalue weighted by Gasteiger charge is 2.42. The van der Waals surface area contributed by atoms with Crippen molar-refractivity contribution in [1.29, 1.82) is 0 Å². The van der Waals surface area contributed by atoms with Gasteiger partial charge in [-0.15, -0.1) is 0 Å². The molecule has 134 valence electrons. The summed E-state index contributed by atoms with van der Waals surface area (Å²) in [5, 5.41) is 11.4. The van der Waals surface area contributed by atoms with E-state index in [1.165, 1.54) is 0 Å². The lowest BCUT2D eigenvalue weighted by molar-refractivity contribution is -0.183. The molecule has 0 amide bonds. The van der Waals surface area contributed by atoms with Crippen LogP contribution >= 0.6 is 0 Å². The minimum atomic E-state index is -0.603. The molecule has 1 N–H and O–H groups in total. The predicted octanol–water partition coefficient (Wildman–Crippen LogP) is 4.22. The zero-order chi connectivity index (χ0) is 18.2. The molecule has 0 aromatic heterocycles. The summed E-state index contributed by atoms with van der Waals surface area (Å²) in [5.41, 5.74) is 2.76. The monoisotopic (exact) mass is 347 g/mol. The molecule has 3 heteroatoms. The summed E-state index contributed by atoms with van der Waals surface area (Å²) in [6.07, 6.45) is 0.627. The SMILES string of the molecule is CON(CCCO)C(c1ccccc1)(c1ccccc1)c1ccccc1. The predicted molar refractivity (Wildman–Crippen MR) is 105 cm³/mol. The molecule has 3 rings (SSSR count). The second-order valence-electron chi connectivity index (χ2n) is 6.17. The van der Waals surface area contributed by atoms with Crippen LogP contribution in [0.3, 0.4) is 0 Å². The molecule has 3 aromatic rings. The summed E-state index contributed by atoms with van der Waals surface area (Å²) >= 11 is 0. The minimum absolute atomic E-state index is 0.119. The maximum atomic E-state index is 9.41. The van der Waals surface area contributed by atoms with E-state index in [9.17, 15) is 5.11 Å². The number of aliphatic hydroxyl groups is 1. The van der Waals surface area contributed by atoms with E-state index in [0.29, 0.717) is 13.0 Å². The van der Waals surface area contributed by atoms with Gasteiger partial charge in [0, 0.05) is 13.2 Å². The van der Waals surface area contributed by atoms with Crippen molar-refractivity contribution in [2.75, 3.05) is 20.3 Å². The van der Waals surface area contributed by atoms with Crippen molar-refractivity contribution >= 4 is 0 Å². The highest BCUT2D eigenvalue weighted by molar-refractivity contribution is 5.49. The second kappa shape index (κ2) is 8.77. The van der Waals surface area contributed by atoms with Gasteiger partial charge in [0.1, 0.15) is 5.54 Å². The standard InChI is InChI=1S/C23H25NO2/c1-26-24(18-11-19-25)23(20-12-5-2-6-13-20,21-14-7-3-8-15-21)22-16-9-4-10-17-22/h2-10,12-17,25H,11,18-19H2,1H3. The van der Waals surface area contributed by atoms with Crippen LogP contribution in [0.25, 0.3) is 0 Å². The Kier molecular flexibility index (Phi) is 6.18. The van der Waals surface area contributed by atoms with Crippen LogP contribution in [0.1, 0.15) is 23.1 Å². The Morgan fingerprint density at radius 2 is 1.12 bits per heavy atom. The third-order valence-electron chi connectivity index (χ3n) is 4.69. The largest absolute Gasteiger partial charge is 0.396 e. The third kappa shape index (κ3) is 3.42. The zero-order valence-electron chi connectivity index (χ0n) is 15.1. The minimum Gasteiger partial charge on any atom is -0.396 e. The van der Waals surface area contributed by atoms with Gasteiger partial charge in [-0.25, -0.2) is 0 Å². The Morgan fingerprint density at radius 3 is 1.42 bits per heavy atom. The smallest absolute Gasteiger partial charge is 0.121 e. The summed E-state index contributed by atoms with van der Waals surface area (Å²) < 4.78 is 0. The number of aliphatic hydroxyl groups excluding tert-OH is 1. The Bertz CT molecular complexity index is 678. The quantitative estimate of drug-likeness (QED) is 0.489. The van der Waals surface area contributed by atoms with Crippen LogP contribution in [0.15, 0.2) is 91.0 Å². The van der Waals surface area contributed by atoms with Gasteiger partial charge in [0.25, 0.3) is 0 Å². The van der Waals surface area contributed by atoms with Crippen molar-refractivity contribution in [3.63, 3.8) is 0 Å². The van der Waals surface area contributed by atoms with E-state index in [4.69, 9.17) is 4.84 Å². The first-order chi connectivity index (χ1) is 12.8. The van der Waals surface area contributed by atoms with Crippen molar-refractivity contribution in [2.24, 2.45) is 0 Å². The van der Waals surface area contributed by atoms with Crippen LogP contribution in [0.4, 0.5) is 0 Å². The molecule has 26 heavy (non-hydrogen) atoms. The van der Waals surface area contributed by atoms with Gasteiger partial charge in [0.15, 0.2) is 0 Å². The Labute approximate surface area is 155 Å². The molecular weight excluding hydrogens is 322 g/mol. The first kappa shape index (κ1) is 18.3. The first-order valence-corrected chi connectivity index (χ1v) is 8.93. The highest BCUT2D eigenvalue weighted by Crippen LogP contribution is 2.42. The van der Waals surface area contributed by atoms with Crippen LogP contribution in [-0.2, 0) is 10.4 Å². The fourth-order valence-corrected chi connectivity index (χ4v) is 3.58. The third-order valence-corrected chi connectivity index (χ3v) is 4.69. The molecule has 0 aliphatic carbocycles. The highest BCUT2D eigenvalue weighted by atomic mass is 16.7. The summed E-state index contributed by atoms with van der Waals surface area (Å²) in [6, 6.07) is 31.2. The summed E-state index contributed by atoms with van der Waals surface area (Å²) in [6.45, 7) is 0.722. The van der Waals surface area contributed by atoms with E-state index in [1.807, 2.05) is 23.3 Å². The number of hydrogen-bond acceptors (Lipinski definition) is 3. The molecule has 0 radical (unpaired) electrons. The van der Waals surface area contributed by atoms with Crippen molar-refractivity contribution < 1.29 is 9.94 Å². The molecule has 3 nitrogen and oxygen atoms in total. The fourth-order valence-electron chi connectivity index (χ4n) is 3.58. The fraction of sp³-hybridized carbons (Fsp3) is 0.217. The van der Waals surface area contributed by atoms with Crippen molar-refractivity contribution in [3.05, 3.63) is 108 Å². The van der Waals surface area contributed by atoms with Crippen LogP contribution in [0.2, 0.25) is 0 Å². The van der Waals surface area contributed by atoms with Gasteiger partial charge in [-0.05, 0) is 23.1 Å². The summed E-state index contributed by atoms with van der Waals surface area (Å²) in [4.78, 5) is 5.90. The van der Waals surface area contributed by atoms with E-state index in [1.54, 1.807) is 7.11 Å². The topological polar surface area (TPSA) is 32.7 Å². The van der Waals surface area contributed by atoms with E-state index in [0.717, 1.165) is 16.7 Å². The normalized spacial score (nSPS) is 11.7. The molecule has 0 fully saturated rings. The van der Waals surface area contributed by atoms with Crippen molar-refractivity contribution in [3.8, 4) is 0 Å². The van der Waals surface area contributed by atoms with Gasteiger partial charge < -0.3 is 9.94 Å². The van der Waals surface area contributed by atoms with Crippen molar-refractivity contribution in [1.82, 2.24) is 5.06 Å². The van der Waals surface area contributed by atoms with Gasteiger partial charge in [-0.3, -0.25) is 0 Å². The molecule has 0 unspecified atom stereocenters.